The number of hydrogen-bond acceptors (Lipinski definition) is 5. The number of halogens is 1. The first-order chi connectivity index (χ1) is 11.1. The van der Waals surface area contributed by atoms with Gasteiger partial charge in [-0.2, -0.15) is 0 Å². The minimum atomic E-state index is -0.242. The van der Waals surface area contributed by atoms with E-state index in [1.807, 2.05) is 0 Å². The lowest BCUT2D eigenvalue weighted by molar-refractivity contribution is 0.103. The largest absolute Gasteiger partial charge is 0.493 e. The molecule has 0 saturated carbocycles. The van der Waals surface area contributed by atoms with Gasteiger partial charge in [0.25, 0.3) is 0 Å². The average Bonchev–Trinajstić information content (AvgIpc) is 2.91. The van der Waals surface area contributed by atoms with Crippen LogP contribution in [0, 0.1) is 0 Å². The topological polar surface area (TPSA) is 62.6 Å². The first-order valence-electron chi connectivity index (χ1n) is 6.97. The summed E-state index contributed by atoms with van der Waals surface area (Å²) in [5, 5.41) is 0.405. The second-order valence-electron chi connectivity index (χ2n) is 4.91. The maximum absolute atomic E-state index is 12.2. The molecular formula is C16H15ClN2O4. The average molecular weight is 335 g/mol. The molecule has 1 aliphatic heterocycles. The number of carbonyl (C=O) groups is 1. The Kier molecular flexibility index (Phi) is 4.25. The van der Waals surface area contributed by atoms with Crippen LogP contribution in [0.15, 0.2) is 24.4 Å². The molecule has 120 valence electrons. The van der Waals surface area contributed by atoms with Gasteiger partial charge in [0.1, 0.15) is 18.4 Å². The molecule has 0 N–H and O–H groups in total. The van der Waals surface area contributed by atoms with E-state index in [1.165, 1.54) is 16.8 Å². The van der Waals surface area contributed by atoms with E-state index in [9.17, 15) is 4.79 Å². The molecule has 6 nitrogen and oxygen atoms in total. The van der Waals surface area contributed by atoms with E-state index < -0.39 is 0 Å². The molecule has 0 bridgehead atoms. The minimum absolute atomic E-state index is 0.242. The molecule has 23 heavy (non-hydrogen) atoms. The molecule has 0 spiro atoms. The van der Waals surface area contributed by atoms with E-state index in [0.717, 1.165) is 5.56 Å². The smallest absolute Gasteiger partial charge is 0.221 e. The van der Waals surface area contributed by atoms with E-state index in [0.29, 0.717) is 35.6 Å². The van der Waals surface area contributed by atoms with Crippen molar-refractivity contribution in [3.63, 3.8) is 0 Å². The zero-order chi connectivity index (χ0) is 16.4. The summed E-state index contributed by atoms with van der Waals surface area (Å²) in [4.78, 5) is 16.2. The fourth-order valence-electron chi connectivity index (χ4n) is 2.25. The number of carbonyl (C=O) groups excluding carboxylic acids is 1. The molecule has 2 aromatic rings. The molecule has 0 radical (unpaired) electrons. The number of aromatic nitrogens is 2. The molecule has 0 saturated heterocycles. The lowest BCUT2D eigenvalue weighted by Gasteiger charge is -2.20. The zero-order valence-corrected chi connectivity index (χ0v) is 13.5. The summed E-state index contributed by atoms with van der Waals surface area (Å²) in [5.74, 6) is 1.78. The van der Waals surface area contributed by atoms with Crippen LogP contribution >= 0.6 is 11.6 Å². The number of methoxy groups -OCH3 is 1. The highest BCUT2D eigenvalue weighted by atomic mass is 35.5. The Labute approximate surface area is 138 Å². The molecule has 2 heterocycles. The number of benzene rings is 1. The van der Waals surface area contributed by atoms with Gasteiger partial charge in [0.05, 0.1) is 13.3 Å². The van der Waals surface area contributed by atoms with Crippen LogP contribution in [0.3, 0.4) is 0 Å². The molecule has 3 rings (SSSR count). The Bertz CT molecular complexity index is 765. The highest BCUT2D eigenvalue weighted by Gasteiger charge is 2.18. The van der Waals surface area contributed by atoms with Gasteiger partial charge in [-0.1, -0.05) is 17.7 Å². The van der Waals surface area contributed by atoms with E-state index in [1.54, 1.807) is 32.4 Å². The predicted octanol–water partition coefficient (Wildman–Crippen LogP) is 2.75. The second-order valence-corrected chi connectivity index (χ2v) is 5.30. The number of hydrogen-bond donors (Lipinski definition) is 0. The maximum atomic E-state index is 12.2. The molecule has 1 aromatic heterocycles. The summed E-state index contributed by atoms with van der Waals surface area (Å²) in [5.41, 5.74) is 0.764. The lowest BCUT2D eigenvalue weighted by atomic mass is 10.1. The predicted molar refractivity (Wildman–Crippen MR) is 85.6 cm³/mol. The van der Waals surface area contributed by atoms with Crippen molar-refractivity contribution in [3.05, 3.63) is 40.9 Å². The van der Waals surface area contributed by atoms with Crippen molar-refractivity contribution >= 4 is 23.5 Å². The van der Waals surface area contributed by atoms with Gasteiger partial charge in [-0.15, -0.1) is 0 Å². The van der Waals surface area contributed by atoms with E-state index in [4.69, 9.17) is 25.8 Å². The number of imidazole rings is 1. The van der Waals surface area contributed by atoms with Gasteiger partial charge < -0.3 is 18.8 Å². The number of rotatable bonds is 4. The van der Waals surface area contributed by atoms with Crippen molar-refractivity contribution in [2.45, 2.75) is 0 Å². The van der Waals surface area contributed by atoms with Gasteiger partial charge in [0.15, 0.2) is 17.3 Å². The van der Waals surface area contributed by atoms with Crippen LogP contribution in [-0.4, -0.2) is 35.7 Å². The normalized spacial score (nSPS) is 13.3. The van der Waals surface area contributed by atoms with E-state index in [2.05, 4.69) is 4.98 Å². The van der Waals surface area contributed by atoms with Crippen LogP contribution in [0.4, 0.5) is 0 Å². The first kappa shape index (κ1) is 15.4. The van der Waals surface area contributed by atoms with Crippen molar-refractivity contribution in [2.75, 3.05) is 20.3 Å². The van der Waals surface area contributed by atoms with Crippen LogP contribution in [0.5, 0.6) is 17.2 Å². The van der Waals surface area contributed by atoms with Crippen LogP contribution in [-0.2, 0) is 7.05 Å². The van der Waals surface area contributed by atoms with Gasteiger partial charge in [0.2, 0.25) is 11.5 Å². The van der Waals surface area contributed by atoms with Crippen LogP contribution in [0.25, 0.3) is 6.08 Å². The molecule has 0 aliphatic carbocycles. The minimum Gasteiger partial charge on any atom is -0.493 e. The monoisotopic (exact) mass is 334 g/mol. The second kappa shape index (κ2) is 6.34. The standard InChI is InChI=1S/C16H15ClN2O4/c1-19-14(17)9-18-16(19)11(20)4-3-10-7-12(21-2)15-13(8-10)22-5-6-23-15/h3-4,7-9H,5-6H2,1-2H3/b4-3+. The molecule has 0 amide bonds. The Morgan fingerprint density at radius 1 is 1.39 bits per heavy atom. The van der Waals surface area contributed by atoms with Crippen molar-refractivity contribution < 1.29 is 19.0 Å². The molecular weight excluding hydrogens is 320 g/mol. The van der Waals surface area contributed by atoms with Crippen LogP contribution < -0.4 is 14.2 Å². The maximum Gasteiger partial charge on any atom is 0.221 e. The molecule has 0 atom stereocenters. The lowest BCUT2D eigenvalue weighted by Crippen LogP contribution is -2.16. The van der Waals surface area contributed by atoms with Crippen LogP contribution in [0.2, 0.25) is 5.15 Å². The Morgan fingerprint density at radius 3 is 2.87 bits per heavy atom. The van der Waals surface area contributed by atoms with E-state index in [-0.39, 0.29) is 11.6 Å². The Hall–Kier alpha value is -2.47. The van der Waals surface area contributed by atoms with Crippen molar-refractivity contribution in [2.24, 2.45) is 7.05 Å². The number of nitrogens with zero attached hydrogens (tertiary/aromatic N) is 2. The first-order valence-corrected chi connectivity index (χ1v) is 7.35. The SMILES string of the molecule is COc1cc(/C=C/C(=O)c2ncc(Cl)n2C)cc2c1OCCO2. The van der Waals surface area contributed by atoms with Crippen LogP contribution in [0.1, 0.15) is 16.2 Å². The highest BCUT2D eigenvalue weighted by Crippen LogP contribution is 2.40. The summed E-state index contributed by atoms with van der Waals surface area (Å²) in [7, 11) is 3.24. The van der Waals surface area contributed by atoms with Crippen molar-refractivity contribution in [3.8, 4) is 17.2 Å². The van der Waals surface area contributed by atoms with Gasteiger partial charge in [-0.25, -0.2) is 4.98 Å². The number of ketones is 1. The highest BCUT2D eigenvalue weighted by molar-refractivity contribution is 6.29. The molecule has 7 heteroatoms. The van der Waals surface area contributed by atoms with Crippen molar-refractivity contribution in [1.82, 2.24) is 9.55 Å². The molecule has 1 aromatic carbocycles. The van der Waals surface area contributed by atoms with E-state index >= 15 is 0 Å². The number of ether oxygens (including phenoxy) is 3. The summed E-state index contributed by atoms with van der Waals surface area (Å²) < 4.78 is 17.9. The summed E-state index contributed by atoms with van der Waals surface area (Å²) in [6.07, 6.45) is 4.55. The summed E-state index contributed by atoms with van der Waals surface area (Å²) in [6.45, 7) is 0.963. The van der Waals surface area contributed by atoms with Crippen molar-refractivity contribution in [1.29, 1.82) is 0 Å². The Balaban J connectivity index is 1.87. The third kappa shape index (κ3) is 3.03. The molecule has 0 unspecified atom stereocenters. The summed E-state index contributed by atoms with van der Waals surface area (Å²) in [6, 6.07) is 3.58. The van der Waals surface area contributed by atoms with Gasteiger partial charge in [-0.05, 0) is 23.8 Å². The quantitative estimate of drug-likeness (QED) is 0.635. The third-order valence-electron chi connectivity index (χ3n) is 3.43. The van der Waals surface area contributed by atoms with Gasteiger partial charge in [0, 0.05) is 7.05 Å². The third-order valence-corrected chi connectivity index (χ3v) is 3.78. The van der Waals surface area contributed by atoms with Gasteiger partial charge in [-0.3, -0.25) is 4.79 Å². The Morgan fingerprint density at radius 2 is 2.17 bits per heavy atom. The number of fused-ring (bicyclic) bond motifs is 1. The number of allylic oxidation sites excluding steroid dienone is 1. The molecule has 0 fully saturated rings. The molecule has 1 aliphatic rings. The fraction of sp³-hybridized carbons (Fsp3) is 0.250. The fourth-order valence-corrected chi connectivity index (χ4v) is 2.38. The van der Waals surface area contributed by atoms with Gasteiger partial charge >= 0.3 is 0 Å². The zero-order valence-electron chi connectivity index (χ0n) is 12.7. The summed E-state index contributed by atoms with van der Waals surface area (Å²) >= 11 is 5.89.